The Morgan fingerprint density at radius 3 is 1.42 bits per heavy atom. The Balaban J connectivity index is 1.49. The average molecular weight is 470 g/mol. The number of nitrogens with zero attached hydrogens (tertiary/aromatic N) is 1. The van der Waals surface area contributed by atoms with Gasteiger partial charge < -0.3 is 4.90 Å². The first-order valence-electron chi connectivity index (χ1n) is 13.0. The number of hydrogen-bond donors (Lipinski definition) is 0. The van der Waals surface area contributed by atoms with E-state index in [1.54, 1.807) is 0 Å². The van der Waals surface area contributed by atoms with Gasteiger partial charge in [0.2, 0.25) is 0 Å². The van der Waals surface area contributed by atoms with Gasteiger partial charge in [0.1, 0.15) is 0 Å². The number of hydrogen-bond acceptors (Lipinski definition) is 1. The van der Waals surface area contributed by atoms with Crippen molar-refractivity contribution in [2.45, 2.75) is 46.6 Å². The first kappa shape index (κ1) is 23.9. The molecule has 180 valence electrons. The average Bonchev–Trinajstić information content (AvgIpc) is 3.06. The zero-order valence-electron chi connectivity index (χ0n) is 21.8. The highest BCUT2D eigenvalue weighted by Crippen LogP contribution is 2.39. The van der Waals surface area contributed by atoms with Crippen LogP contribution >= 0.6 is 0 Å². The van der Waals surface area contributed by atoms with Gasteiger partial charge in [0, 0.05) is 17.4 Å². The molecule has 1 nitrogen and oxygen atoms in total. The standard InChI is InChI=1S/C35H35N/c1-25(2)36-34-19-15-28(21-26(3)30-11-7-5-8-12-30)23-32(34)17-18-33-24-29(16-20-35(33)36)22-27(4)31-13-9-6-10-14-31/h5-16,19-25H,17-18H2,1-4H3/b26-21+,27-22+. The number of rotatable bonds is 5. The second-order valence-electron chi connectivity index (χ2n) is 10.1. The van der Waals surface area contributed by atoms with Crippen LogP contribution in [0.5, 0.6) is 0 Å². The van der Waals surface area contributed by atoms with Gasteiger partial charge in [0.25, 0.3) is 0 Å². The van der Waals surface area contributed by atoms with Crippen molar-refractivity contribution < 1.29 is 0 Å². The van der Waals surface area contributed by atoms with E-state index in [0.717, 1.165) is 12.8 Å². The zero-order chi connectivity index (χ0) is 25.1. The van der Waals surface area contributed by atoms with Crippen molar-refractivity contribution in [3.8, 4) is 0 Å². The third-order valence-corrected chi connectivity index (χ3v) is 7.13. The quantitative estimate of drug-likeness (QED) is 0.263. The number of benzene rings is 4. The van der Waals surface area contributed by atoms with Gasteiger partial charge in [0.05, 0.1) is 0 Å². The van der Waals surface area contributed by atoms with Gasteiger partial charge in [0.15, 0.2) is 0 Å². The lowest BCUT2D eigenvalue weighted by molar-refractivity contribution is 0.787. The largest absolute Gasteiger partial charge is 0.338 e. The fourth-order valence-electron chi connectivity index (χ4n) is 5.29. The molecule has 0 fully saturated rings. The van der Waals surface area contributed by atoms with Gasteiger partial charge >= 0.3 is 0 Å². The molecular formula is C35H35N. The van der Waals surface area contributed by atoms with Crippen molar-refractivity contribution in [1.29, 1.82) is 0 Å². The predicted octanol–water partition coefficient (Wildman–Crippen LogP) is 9.45. The van der Waals surface area contributed by atoms with E-state index in [-0.39, 0.29) is 0 Å². The minimum absolute atomic E-state index is 0.375. The molecule has 5 rings (SSSR count). The van der Waals surface area contributed by atoms with Gasteiger partial charge in [-0.2, -0.15) is 0 Å². The number of aryl methyl sites for hydroxylation is 2. The van der Waals surface area contributed by atoms with Crippen LogP contribution in [0.1, 0.15) is 61.1 Å². The highest BCUT2D eigenvalue weighted by atomic mass is 15.2. The minimum Gasteiger partial charge on any atom is -0.338 e. The van der Waals surface area contributed by atoms with Crippen molar-refractivity contribution in [3.05, 3.63) is 130 Å². The Hall–Kier alpha value is -3.84. The van der Waals surface area contributed by atoms with E-state index < -0.39 is 0 Å². The van der Waals surface area contributed by atoms with E-state index in [2.05, 4.69) is 142 Å². The summed E-state index contributed by atoms with van der Waals surface area (Å²) in [5.41, 5.74) is 13.2. The van der Waals surface area contributed by atoms with Crippen LogP contribution in [0.15, 0.2) is 97.1 Å². The fourth-order valence-corrected chi connectivity index (χ4v) is 5.29. The Labute approximate surface area is 216 Å². The number of fused-ring (bicyclic) bond motifs is 2. The molecular weight excluding hydrogens is 434 g/mol. The van der Waals surface area contributed by atoms with E-state index in [4.69, 9.17) is 0 Å². The van der Waals surface area contributed by atoms with Crippen molar-refractivity contribution in [2.75, 3.05) is 4.90 Å². The summed E-state index contributed by atoms with van der Waals surface area (Å²) in [6.07, 6.45) is 6.70. The normalized spacial score (nSPS) is 13.9. The van der Waals surface area contributed by atoms with Gasteiger partial charge in [-0.05, 0) is 109 Å². The molecule has 0 aromatic heterocycles. The number of allylic oxidation sites excluding steroid dienone is 2. The summed E-state index contributed by atoms with van der Waals surface area (Å²) in [5.74, 6) is 0. The monoisotopic (exact) mass is 469 g/mol. The molecule has 1 aliphatic rings. The first-order valence-corrected chi connectivity index (χ1v) is 13.0. The first-order chi connectivity index (χ1) is 17.5. The van der Waals surface area contributed by atoms with Crippen LogP contribution in [0, 0.1) is 0 Å². The number of anilines is 2. The van der Waals surface area contributed by atoms with E-state index in [1.807, 2.05) is 0 Å². The van der Waals surface area contributed by atoms with E-state index >= 15 is 0 Å². The molecule has 0 atom stereocenters. The van der Waals surface area contributed by atoms with Crippen molar-refractivity contribution >= 4 is 34.7 Å². The summed E-state index contributed by atoms with van der Waals surface area (Å²) in [6.45, 7) is 8.98. The van der Waals surface area contributed by atoms with Gasteiger partial charge in [-0.15, -0.1) is 0 Å². The molecule has 4 aromatic rings. The van der Waals surface area contributed by atoms with Crippen LogP contribution in [0.3, 0.4) is 0 Å². The molecule has 0 unspecified atom stereocenters. The summed E-state index contributed by atoms with van der Waals surface area (Å²) in [4.78, 5) is 2.52. The minimum atomic E-state index is 0.375. The third kappa shape index (κ3) is 5.06. The predicted molar refractivity (Wildman–Crippen MR) is 158 cm³/mol. The molecule has 0 bridgehead atoms. The van der Waals surface area contributed by atoms with Crippen molar-refractivity contribution in [3.63, 3.8) is 0 Å². The zero-order valence-corrected chi connectivity index (χ0v) is 21.8. The molecule has 1 heterocycles. The van der Waals surface area contributed by atoms with Crippen molar-refractivity contribution in [1.82, 2.24) is 0 Å². The fraction of sp³-hybridized carbons (Fsp3) is 0.200. The highest BCUT2D eigenvalue weighted by Gasteiger charge is 2.23. The van der Waals surface area contributed by atoms with Crippen LogP contribution in [0.4, 0.5) is 11.4 Å². The van der Waals surface area contributed by atoms with Crippen LogP contribution in [0.25, 0.3) is 23.3 Å². The second kappa shape index (κ2) is 10.4. The third-order valence-electron chi connectivity index (χ3n) is 7.13. The topological polar surface area (TPSA) is 3.24 Å². The molecule has 0 saturated carbocycles. The Morgan fingerprint density at radius 1 is 0.611 bits per heavy atom. The summed E-state index contributed by atoms with van der Waals surface area (Å²) in [6, 6.07) is 35.6. The van der Waals surface area contributed by atoms with Gasteiger partial charge in [-0.3, -0.25) is 0 Å². The van der Waals surface area contributed by atoms with E-state index in [0.29, 0.717) is 6.04 Å². The van der Waals surface area contributed by atoms with E-state index in [9.17, 15) is 0 Å². The molecule has 0 spiro atoms. The molecule has 0 amide bonds. The van der Waals surface area contributed by atoms with E-state index in [1.165, 1.54) is 55.9 Å². The molecule has 0 saturated heterocycles. The maximum atomic E-state index is 2.52. The Kier molecular flexibility index (Phi) is 6.91. The SMILES string of the molecule is C/C(=C\c1ccc2c(c1)CCc1cc(/C=C(\C)c3ccccc3)ccc1N2C(C)C)c1ccccc1. The molecule has 36 heavy (non-hydrogen) atoms. The van der Waals surface area contributed by atoms with Crippen LogP contribution in [-0.2, 0) is 12.8 Å². The maximum Gasteiger partial charge on any atom is 0.0446 e. The lowest BCUT2D eigenvalue weighted by atomic mass is 9.98. The highest BCUT2D eigenvalue weighted by molar-refractivity contribution is 5.83. The molecule has 0 N–H and O–H groups in total. The molecule has 1 aliphatic heterocycles. The Morgan fingerprint density at radius 2 is 1.03 bits per heavy atom. The molecule has 1 heteroatoms. The summed E-state index contributed by atoms with van der Waals surface area (Å²) in [5, 5.41) is 0. The maximum absolute atomic E-state index is 2.52. The molecule has 0 aliphatic carbocycles. The Bertz CT molecular complexity index is 1300. The summed E-state index contributed by atoms with van der Waals surface area (Å²) < 4.78 is 0. The molecule has 0 radical (unpaired) electrons. The smallest absolute Gasteiger partial charge is 0.0446 e. The lowest BCUT2D eigenvalue weighted by Gasteiger charge is -2.31. The van der Waals surface area contributed by atoms with Crippen LogP contribution in [-0.4, -0.2) is 6.04 Å². The lowest BCUT2D eigenvalue weighted by Crippen LogP contribution is -2.26. The van der Waals surface area contributed by atoms with Crippen LogP contribution < -0.4 is 4.90 Å². The summed E-state index contributed by atoms with van der Waals surface area (Å²) >= 11 is 0. The van der Waals surface area contributed by atoms with Crippen molar-refractivity contribution in [2.24, 2.45) is 0 Å². The summed E-state index contributed by atoms with van der Waals surface area (Å²) in [7, 11) is 0. The van der Waals surface area contributed by atoms with Gasteiger partial charge in [-0.25, -0.2) is 0 Å². The van der Waals surface area contributed by atoms with Crippen LogP contribution in [0.2, 0.25) is 0 Å². The molecule has 4 aromatic carbocycles. The van der Waals surface area contributed by atoms with Gasteiger partial charge in [-0.1, -0.05) is 84.9 Å². The second-order valence-corrected chi connectivity index (χ2v) is 10.1.